The Morgan fingerprint density at radius 1 is 0.711 bits per heavy atom. The van der Waals surface area contributed by atoms with E-state index in [2.05, 4.69) is 10.6 Å². The monoisotopic (exact) mass is 524 g/mol. The van der Waals surface area contributed by atoms with Crippen LogP contribution in [-0.4, -0.2) is 74.8 Å². The fourth-order valence-corrected chi connectivity index (χ4v) is 4.60. The van der Waals surface area contributed by atoms with E-state index < -0.39 is 0 Å². The molecule has 0 atom stereocenters. The highest BCUT2D eigenvalue weighted by molar-refractivity contribution is 5.96. The molecule has 204 valence electrons. The van der Waals surface area contributed by atoms with Crippen molar-refractivity contribution in [2.75, 3.05) is 52.0 Å². The maximum Gasteiger partial charge on any atom is 0.243 e. The molecular weight excluding hydrogens is 488 g/mol. The minimum atomic E-state index is -0.299. The van der Waals surface area contributed by atoms with E-state index in [1.165, 1.54) is 9.80 Å². The molecule has 0 saturated heterocycles. The molecule has 0 bridgehead atoms. The molecule has 0 heterocycles. The van der Waals surface area contributed by atoms with Gasteiger partial charge in [-0.25, -0.2) is 0 Å². The van der Waals surface area contributed by atoms with Crippen LogP contribution in [0.25, 0.3) is 0 Å². The van der Waals surface area contributed by atoms with Gasteiger partial charge in [0.15, 0.2) is 0 Å². The standard InChI is InChI=1S/C28H36N4O6/c1-31(17-25(33)29-21-7-5-9-23(15-21)37-3)27(35)19-11-13-20(14-12-19)28(36)32(2)18-26(34)30-22-8-6-10-24(16-22)38-4/h5-10,15-16,19-20H,11-14,17-18H2,1-4H3,(H,29,33)(H,30,34). The molecule has 1 aliphatic rings. The summed E-state index contributed by atoms with van der Waals surface area (Å²) in [5.41, 5.74) is 1.19. The lowest BCUT2D eigenvalue weighted by atomic mass is 9.80. The molecule has 0 spiro atoms. The molecule has 2 N–H and O–H groups in total. The number of methoxy groups -OCH3 is 2. The second-order valence-electron chi connectivity index (χ2n) is 9.50. The summed E-state index contributed by atoms with van der Waals surface area (Å²) in [5.74, 6) is -0.0435. The second-order valence-corrected chi connectivity index (χ2v) is 9.50. The van der Waals surface area contributed by atoms with Gasteiger partial charge >= 0.3 is 0 Å². The van der Waals surface area contributed by atoms with Crippen molar-refractivity contribution >= 4 is 35.0 Å². The Kier molecular flexibility index (Phi) is 10.1. The number of ether oxygens (including phenoxy) is 2. The lowest BCUT2D eigenvalue weighted by molar-refractivity contribution is -0.141. The van der Waals surface area contributed by atoms with Gasteiger partial charge in [-0.05, 0) is 49.9 Å². The molecule has 0 unspecified atom stereocenters. The number of hydrogen-bond acceptors (Lipinski definition) is 6. The third kappa shape index (κ3) is 7.96. The number of anilines is 2. The van der Waals surface area contributed by atoms with Crippen LogP contribution in [0.1, 0.15) is 25.7 Å². The SMILES string of the molecule is COc1cccc(NC(=O)CN(C)C(=O)C2CCC(C(=O)N(C)CC(=O)Nc3cccc(OC)c3)CC2)c1. The Labute approximate surface area is 223 Å². The molecule has 0 aromatic heterocycles. The number of amides is 4. The minimum absolute atomic E-state index is 0.0694. The molecule has 1 aliphatic carbocycles. The van der Waals surface area contributed by atoms with Gasteiger partial charge in [-0.3, -0.25) is 19.2 Å². The highest BCUT2D eigenvalue weighted by atomic mass is 16.5. The van der Waals surface area contributed by atoms with E-state index in [0.717, 1.165) is 0 Å². The largest absolute Gasteiger partial charge is 0.497 e. The summed E-state index contributed by atoms with van der Waals surface area (Å²) in [6.07, 6.45) is 2.23. The molecular formula is C28H36N4O6. The smallest absolute Gasteiger partial charge is 0.243 e. The van der Waals surface area contributed by atoms with E-state index >= 15 is 0 Å². The molecule has 4 amide bonds. The van der Waals surface area contributed by atoms with Crippen LogP contribution in [-0.2, 0) is 19.2 Å². The highest BCUT2D eigenvalue weighted by Gasteiger charge is 2.33. The topological polar surface area (TPSA) is 117 Å². The van der Waals surface area contributed by atoms with Gasteiger partial charge in [0.05, 0.1) is 27.3 Å². The summed E-state index contributed by atoms with van der Waals surface area (Å²) in [4.78, 5) is 53.6. The number of nitrogens with one attached hydrogen (secondary N) is 2. The minimum Gasteiger partial charge on any atom is -0.497 e. The van der Waals surface area contributed by atoms with E-state index in [0.29, 0.717) is 48.6 Å². The average Bonchev–Trinajstić information content (AvgIpc) is 2.92. The Morgan fingerprint density at radius 2 is 1.08 bits per heavy atom. The predicted octanol–water partition coefficient (Wildman–Crippen LogP) is 3.00. The van der Waals surface area contributed by atoms with Crippen LogP contribution in [0.2, 0.25) is 0 Å². The number of nitrogens with zero attached hydrogens (tertiary/aromatic N) is 2. The maximum atomic E-state index is 12.9. The van der Waals surface area contributed by atoms with Crippen LogP contribution in [0.15, 0.2) is 48.5 Å². The second kappa shape index (κ2) is 13.5. The zero-order valence-electron chi connectivity index (χ0n) is 22.4. The highest BCUT2D eigenvalue weighted by Crippen LogP contribution is 2.31. The fraction of sp³-hybridized carbons (Fsp3) is 0.429. The van der Waals surface area contributed by atoms with Crippen molar-refractivity contribution in [1.82, 2.24) is 9.80 Å². The van der Waals surface area contributed by atoms with Gasteiger partial charge in [-0.2, -0.15) is 0 Å². The van der Waals surface area contributed by atoms with Crippen molar-refractivity contribution in [3.63, 3.8) is 0 Å². The van der Waals surface area contributed by atoms with E-state index in [1.54, 1.807) is 76.8 Å². The molecule has 10 nitrogen and oxygen atoms in total. The Balaban J connectivity index is 1.42. The van der Waals surface area contributed by atoms with Crippen LogP contribution in [0.5, 0.6) is 11.5 Å². The van der Waals surface area contributed by atoms with Gasteiger partial charge in [-0.1, -0.05) is 12.1 Å². The molecule has 0 radical (unpaired) electrons. The third-order valence-electron chi connectivity index (χ3n) is 6.65. The molecule has 2 aromatic rings. The first-order valence-electron chi connectivity index (χ1n) is 12.6. The quantitative estimate of drug-likeness (QED) is 0.494. The summed E-state index contributed by atoms with van der Waals surface area (Å²) in [7, 11) is 6.32. The molecule has 1 saturated carbocycles. The number of hydrogen-bond donors (Lipinski definition) is 2. The van der Waals surface area contributed by atoms with Crippen LogP contribution >= 0.6 is 0 Å². The average molecular weight is 525 g/mol. The first-order chi connectivity index (χ1) is 18.2. The van der Waals surface area contributed by atoms with Gasteiger partial charge in [0, 0.05) is 49.4 Å². The fourth-order valence-electron chi connectivity index (χ4n) is 4.60. The summed E-state index contributed by atoms with van der Waals surface area (Å²) in [6, 6.07) is 14.0. The van der Waals surface area contributed by atoms with E-state index in [4.69, 9.17) is 9.47 Å². The predicted molar refractivity (Wildman–Crippen MR) is 144 cm³/mol. The first kappa shape index (κ1) is 28.5. The van der Waals surface area contributed by atoms with Crippen LogP contribution in [0, 0.1) is 11.8 Å². The first-order valence-corrected chi connectivity index (χ1v) is 12.6. The normalized spacial score (nSPS) is 16.6. The van der Waals surface area contributed by atoms with Crippen molar-refractivity contribution in [3.8, 4) is 11.5 Å². The van der Waals surface area contributed by atoms with Crippen molar-refractivity contribution < 1.29 is 28.7 Å². The van der Waals surface area contributed by atoms with Gasteiger partial charge in [0.25, 0.3) is 0 Å². The summed E-state index contributed by atoms with van der Waals surface area (Å²) in [5, 5.41) is 5.55. The van der Waals surface area contributed by atoms with Gasteiger partial charge < -0.3 is 29.9 Å². The number of carbonyl (C=O) groups excluding carboxylic acids is 4. The lowest BCUT2D eigenvalue weighted by Crippen LogP contribution is -2.42. The summed E-state index contributed by atoms with van der Waals surface area (Å²) >= 11 is 0. The Morgan fingerprint density at radius 3 is 1.42 bits per heavy atom. The summed E-state index contributed by atoms with van der Waals surface area (Å²) < 4.78 is 10.3. The lowest BCUT2D eigenvalue weighted by Gasteiger charge is -2.31. The van der Waals surface area contributed by atoms with Crippen molar-refractivity contribution in [2.24, 2.45) is 11.8 Å². The van der Waals surface area contributed by atoms with Gasteiger partial charge in [0.2, 0.25) is 23.6 Å². The van der Waals surface area contributed by atoms with Crippen LogP contribution in [0.3, 0.4) is 0 Å². The summed E-state index contributed by atoms with van der Waals surface area (Å²) in [6.45, 7) is -0.139. The van der Waals surface area contributed by atoms with Crippen LogP contribution < -0.4 is 20.1 Å². The molecule has 38 heavy (non-hydrogen) atoms. The van der Waals surface area contributed by atoms with Crippen molar-refractivity contribution in [2.45, 2.75) is 25.7 Å². The number of benzene rings is 2. The third-order valence-corrected chi connectivity index (χ3v) is 6.65. The van der Waals surface area contributed by atoms with Gasteiger partial charge in [0.1, 0.15) is 11.5 Å². The molecule has 1 fully saturated rings. The number of rotatable bonds is 10. The van der Waals surface area contributed by atoms with Gasteiger partial charge in [-0.15, -0.1) is 0 Å². The molecule has 10 heteroatoms. The number of likely N-dealkylation sites (N-methyl/N-ethyl adjacent to an activating group) is 2. The zero-order valence-corrected chi connectivity index (χ0v) is 22.4. The van der Waals surface area contributed by atoms with Crippen molar-refractivity contribution in [1.29, 1.82) is 0 Å². The zero-order chi connectivity index (χ0) is 27.7. The van der Waals surface area contributed by atoms with E-state index in [9.17, 15) is 19.2 Å². The Hall–Kier alpha value is -4.08. The number of carbonyl (C=O) groups is 4. The van der Waals surface area contributed by atoms with E-state index in [1.807, 2.05) is 0 Å². The maximum absolute atomic E-state index is 12.9. The van der Waals surface area contributed by atoms with Crippen molar-refractivity contribution in [3.05, 3.63) is 48.5 Å². The molecule has 3 rings (SSSR count). The Bertz CT molecular complexity index is 1060. The molecule has 2 aromatic carbocycles. The van der Waals surface area contributed by atoms with Crippen LogP contribution in [0.4, 0.5) is 11.4 Å². The van der Waals surface area contributed by atoms with E-state index in [-0.39, 0.29) is 48.6 Å². The molecule has 0 aliphatic heterocycles.